The lowest BCUT2D eigenvalue weighted by atomic mass is 9.79. The summed E-state index contributed by atoms with van der Waals surface area (Å²) in [5.74, 6) is 0.778. The molecular formula is C18H35N. The highest BCUT2D eigenvalue weighted by molar-refractivity contribution is 4.93. The normalized spacial score (nSPS) is 19.3. The van der Waals surface area contributed by atoms with E-state index in [-0.39, 0.29) is 0 Å². The molecule has 0 amide bonds. The van der Waals surface area contributed by atoms with Crippen molar-refractivity contribution >= 4 is 0 Å². The molecule has 0 aromatic heterocycles. The molecule has 112 valence electrons. The number of unbranched alkanes of at least 4 members (excludes halogenated alkanes) is 3. The smallest absolute Gasteiger partial charge is 0.0184 e. The van der Waals surface area contributed by atoms with Crippen LogP contribution in [0.4, 0.5) is 0 Å². The van der Waals surface area contributed by atoms with Crippen LogP contribution < -0.4 is 0 Å². The molecule has 1 fully saturated rings. The molecule has 19 heavy (non-hydrogen) atoms. The average molecular weight is 265 g/mol. The number of hydrogen-bond donors (Lipinski definition) is 0. The highest BCUT2D eigenvalue weighted by Gasteiger charge is 2.34. The van der Waals surface area contributed by atoms with Crippen molar-refractivity contribution in [1.29, 1.82) is 0 Å². The van der Waals surface area contributed by atoms with E-state index in [1.807, 2.05) is 0 Å². The molecule has 0 bridgehead atoms. The predicted molar refractivity (Wildman–Crippen MR) is 86.6 cm³/mol. The zero-order chi connectivity index (χ0) is 14.1. The number of allylic oxidation sites excluding steroid dienone is 1. The Balaban J connectivity index is 2.52. The summed E-state index contributed by atoms with van der Waals surface area (Å²) >= 11 is 0. The van der Waals surface area contributed by atoms with Crippen molar-refractivity contribution in [3.8, 4) is 0 Å². The quantitative estimate of drug-likeness (QED) is 0.398. The van der Waals surface area contributed by atoms with Crippen molar-refractivity contribution in [2.45, 2.75) is 84.1 Å². The zero-order valence-corrected chi connectivity index (χ0v) is 13.6. The first-order chi connectivity index (χ1) is 9.12. The number of nitrogens with zero attached hydrogens (tertiary/aromatic N) is 1. The standard InChI is InChI=1S/C18H35N/c1-5-7-8-10-14-17(13-6-2)18(3,4)19-15-11-9-12-16-19/h6,17H,2,5,7-16H2,1,3-4H3. The molecule has 0 radical (unpaired) electrons. The van der Waals surface area contributed by atoms with Gasteiger partial charge >= 0.3 is 0 Å². The lowest BCUT2D eigenvalue weighted by Crippen LogP contribution is -2.51. The number of likely N-dealkylation sites (tertiary alicyclic amines) is 1. The first-order valence-electron chi connectivity index (χ1n) is 8.48. The fraction of sp³-hybridized carbons (Fsp3) is 0.889. The Hall–Kier alpha value is -0.300. The third-order valence-electron chi connectivity index (χ3n) is 5.03. The molecule has 0 saturated carbocycles. The maximum Gasteiger partial charge on any atom is 0.0184 e. The lowest BCUT2D eigenvalue weighted by molar-refractivity contribution is 0.0408. The minimum absolute atomic E-state index is 0.348. The van der Waals surface area contributed by atoms with E-state index in [9.17, 15) is 0 Å². The van der Waals surface area contributed by atoms with Crippen molar-refractivity contribution in [2.24, 2.45) is 5.92 Å². The Kier molecular flexibility index (Phi) is 7.75. The molecule has 0 spiro atoms. The fourth-order valence-electron chi connectivity index (χ4n) is 3.51. The Bertz CT molecular complexity index is 238. The molecule has 0 aromatic rings. The molecule has 0 N–H and O–H groups in total. The monoisotopic (exact) mass is 265 g/mol. The van der Waals surface area contributed by atoms with Gasteiger partial charge in [-0.25, -0.2) is 0 Å². The Morgan fingerprint density at radius 2 is 1.79 bits per heavy atom. The maximum atomic E-state index is 3.99. The first kappa shape index (κ1) is 16.8. The van der Waals surface area contributed by atoms with Crippen LogP contribution in [0.1, 0.15) is 78.6 Å². The van der Waals surface area contributed by atoms with E-state index in [0.29, 0.717) is 5.54 Å². The van der Waals surface area contributed by atoms with Crippen LogP contribution >= 0.6 is 0 Å². The molecule has 0 aromatic carbocycles. The second-order valence-corrected chi connectivity index (χ2v) is 6.77. The van der Waals surface area contributed by atoms with Crippen molar-refractivity contribution in [3.05, 3.63) is 12.7 Å². The summed E-state index contributed by atoms with van der Waals surface area (Å²) in [6.07, 6.45) is 14.4. The minimum atomic E-state index is 0.348. The molecule has 1 saturated heterocycles. The molecule has 1 heteroatoms. The van der Waals surface area contributed by atoms with Crippen LogP contribution in [0.5, 0.6) is 0 Å². The van der Waals surface area contributed by atoms with E-state index in [0.717, 1.165) is 5.92 Å². The van der Waals surface area contributed by atoms with Gasteiger partial charge in [0.2, 0.25) is 0 Å². The second-order valence-electron chi connectivity index (χ2n) is 6.77. The van der Waals surface area contributed by atoms with Gasteiger partial charge in [-0.1, -0.05) is 45.1 Å². The largest absolute Gasteiger partial charge is 0.298 e. The molecule has 1 heterocycles. The van der Waals surface area contributed by atoms with Gasteiger partial charge in [-0.3, -0.25) is 4.90 Å². The Morgan fingerprint density at radius 3 is 2.37 bits per heavy atom. The SMILES string of the molecule is C=CCC(CCCCCC)C(C)(C)N1CCCCC1. The van der Waals surface area contributed by atoms with Gasteiger partial charge in [0.05, 0.1) is 0 Å². The average Bonchev–Trinajstić information content (AvgIpc) is 2.43. The molecule has 0 aliphatic carbocycles. The molecule has 1 rings (SSSR count). The van der Waals surface area contributed by atoms with Crippen LogP contribution in [0.3, 0.4) is 0 Å². The summed E-state index contributed by atoms with van der Waals surface area (Å²) in [6.45, 7) is 13.8. The summed E-state index contributed by atoms with van der Waals surface area (Å²) in [6, 6.07) is 0. The summed E-state index contributed by atoms with van der Waals surface area (Å²) in [7, 11) is 0. The zero-order valence-electron chi connectivity index (χ0n) is 13.6. The molecule has 1 aliphatic heterocycles. The molecule has 1 aliphatic rings. The molecule has 1 nitrogen and oxygen atoms in total. The summed E-state index contributed by atoms with van der Waals surface area (Å²) < 4.78 is 0. The number of rotatable bonds is 9. The Labute approximate surface area is 121 Å². The van der Waals surface area contributed by atoms with Crippen LogP contribution in [0, 0.1) is 5.92 Å². The van der Waals surface area contributed by atoms with Gasteiger partial charge in [-0.2, -0.15) is 0 Å². The number of piperidine rings is 1. The topological polar surface area (TPSA) is 3.24 Å². The first-order valence-corrected chi connectivity index (χ1v) is 8.48. The van der Waals surface area contributed by atoms with Gasteiger partial charge in [-0.05, 0) is 58.5 Å². The maximum absolute atomic E-state index is 3.99. The summed E-state index contributed by atoms with van der Waals surface area (Å²) in [5.41, 5.74) is 0.348. The molecule has 1 atom stereocenters. The van der Waals surface area contributed by atoms with E-state index < -0.39 is 0 Å². The van der Waals surface area contributed by atoms with E-state index in [1.165, 1.54) is 70.9 Å². The fourth-order valence-corrected chi connectivity index (χ4v) is 3.51. The van der Waals surface area contributed by atoms with Crippen molar-refractivity contribution < 1.29 is 0 Å². The summed E-state index contributed by atoms with van der Waals surface area (Å²) in [4.78, 5) is 2.74. The highest BCUT2D eigenvalue weighted by Crippen LogP contribution is 2.33. The van der Waals surface area contributed by atoms with Gasteiger partial charge in [-0.15, -0.1) is 6.58 Å². The van der Waals surface area contributed by atoms with Crippen LogP contribution in [-0.2, 0) is 0 Å². The van der Waals surface area contributed by atoms with Crippen LogP contribution in [0.15, 0.2) is 12.7 Å². The minimum Gasteiger partial charge on any atom is -0.298 e. The van der Waals surface area contributed by atoms with Crippen molar-refractivity contribution in [2.75, 3.05) is 13.1 Å². The van der Waals surface area contributed by atoms with E-state index >= 15 is 0 Å². The second kappa shape index (κ2) is 8.79. The lowest BCUT2D eigenvalue weighted by Gasteiger charge is -2.46. The third kappa shape index (κ3) is 5.30. The van der Waals surface area contributed by atoms with Gasteiger partial charge in [0.15, 0.2) is 0 Å². The number of hydrogen-bond acceptors (Lipinski definition) is 1. The Morgan fingerprint density at radius 1 is 1.11 bits per heavy atom. The van der Waals surface area contributed by atoms with Crippen LogP contribution in [-0.4, -0.2) is 23.5 Å². The van der Waals surface area contributed by atoms with Crippen molar-refractivity contribution in [1.82, 2.24) is 4.90 Å². The van der Waals surface area contributed by atoms with Gasteiger partial charge in [0, 0.05) is 5.54 Å². The van der Waals surface area contributed by atoms with E-state index in [1.54, 1.807) is 0 Å². The molecular weight excluding hydrogens is 230 g/mol. The van der Waals surface area contributed by atoms with Gasteiger partial charge < -0.3 is 0 Å². The predicted octanol–water partition coefficient (Wildman–Crippen LogP) is 5.41. The van der Waals surface area contributed by atoms with E-state index in [2.05, 4.69) is 38.3 Å². The summed E-state index contributed by atoms with van der Waals surface area (Å²) in [5, 5.41) is 0. The van der Waals surface area contributed by atoms with E-state index in [4.69, 9.17) is 0 Å². The van der Waals surface area contributed by atoms with Crippen LogP contribution in [0.2, 0.25) is 0 Å². The molecule has 1 unspecified atom stereocenters. The van der Waals surface area contributed by atoms with Crippen LogP contribution in [0.25, 0.3) is 0 Å². The van der Waals surface area contributed by atoms with Gasteiger partial charge in [0.25, 0.3) is 0 Å². The van der Waals surface area contributed by atoms with Crippen molar-refractivity contribution in [3.63, 3.8) is 0 Å². The van der Waals surface area contributed by atoms with Gasteiger partial charge in [0.1, 0.15) is 0 Å². The highest BCUT2D eigenvalue weighted by atomic mass is 15.2. The third-order valence-corrected chi connectivity index (χ3v) is 5.03.